The number of aromatic nitrogens is 1. The lowest BCUT2D eigenvalue weighted by molar-refractivity contribution is -0.117. The number of anilines is 1. The van der Waals surface area contributed by atoms with Crippen molar-refractivity contribution >= 4 is 22.4 Å². The van der Waals surface area contributed by atoms with E-state index in [1.165, 1.54) is 11.3 Å². The van der Waals surface area contributed by atoms with Gasteiger partial charge in [0.2, 0.25) is 5.91 Å². The summed E-state index contributed by atoms with van der Waals surface area (Å²) in [5.74, 6) is 0.372. The second-order valence-corrected chi connectivity index (χ2v) is 5.91. The summed E-state index contributed by atoms with van der Waals surface area (Å²) in [6.45, 7) is 6.36. The van der Waals surface area contributed by atoms with Gasteiger partial charge in [-0.2, -0.15) is 0 Å². The quantitative estimate of drug-likeness (QED) is 0.839. The van der Waals surface area contributed by atoms with Crippen molar-refractivity contribution in [2.24, 2.45) is 5.92 Å². The zero-order valence-corrected chi connectivity index (χ0v) is 10.1. The molecule has 0 unspecified atom stereocenters. The molecule has 0 spiro atoms. The molecule has 0 saturated heterocycles. The Balaban J connectivity index is 2.03. The molecule has 82 valence electrons. The van der Waals surface area contributed by atoms with Gasteiger partial charge in [-0.05, 0) is 12.8 Å². The summed E-state index contributed by atoms with van der Waals surface area (Å²) in [7, 11) is 0. The van der Waals surface area contributed by atoms with Crippen LogP contribution in [0.1, 0.15) is 39.3 Å². The summed E-state index contributed by atoms with van der Waals surface area (Å²) in [4.78, 5) is 15.9. The Bertz CT molecular complexity index is 374. The van der Waals surface area contributed by atoms with Crippen LogP contribution in [0.2, 0.25) is 0 Å². The summed E-state index contributed by atoms with van der Waals surface area (Å²) < 4.78 is 0. The summed E-state index contributed by atoms with van der Waals surface area (Å²) in [5.41, 5.74) is 1.09. The normalized spacial score (nSPS) is 16.5. The third-order valence-corrected chi connectivity index (χ3v) is 3.21. The van der Waals surface area contributed by atoms with Crippen molar-refractivity contribution in [1.29, 1.82) is 0 Å². The molecule has 1 fully saturated rings. The highest BCUT2D eigenvalue weighted by atomic mass is 32.1. The lowest BCUT2D eigenvalue weighted by atomic mass is 9.93. The fourth-order valence-corrected chi connectivity index (χ4v) is 2.17. The highest BCUT2D eigenvalue weighted by Crippen LogP contribution is 2.31. The Morgan fingerprint density at radius 3 is 2.67 bits per heavy atom. The minimum atomic E-state index is 0.0546. The number of hydrogen-bond donors (Lipinski definition) is 1. The van der Waals surface area contributed by atoms with Gasteiger partial charge in [-0.15, -0.1) is 11.3 Å². The summed E-state index contributed by atoms with van der Waals surface area (Å²) in [6.07, 6.45) is 2.06. The van der Waals surface area contributed by atoms with E-state index >= 15 is 0 Å². The number of amides is 1. The molecule has 1 aliphatic rings. The number of rotatable bonds is 2. The third kappa shape index (κ3) is 2.56. The Labute approximate surface area is 93.9 Å². The van der Waals surface area contributed by atoms with E-state index < -0.39 is 0 Å². The number of carbonyl (C=O) groups excluding carboxylic acids is 1. The van der Waals surface area contributed by atoms with Gasteiger partial charge in [-0.25, -0.2) is 4.98 Å². The summed E-state index contributed by atoms with van der Waals surface area (Å²) in [6, 6.07) is 0. The SMILES string of the molecule is CC(C)(C)c1csc(NC(=O)C2CC2)n1. The van der Waals surface area contributed by atoms with Gasteiger partial charge >= 0.3 is 0 Å². The second kappa shape index (κ2) is 3.59. The minimum Gasteiger partial charge on any atom is -0.302 e. The molecule has 1 amide bonds. The van der Waals surface area contributed by atoms with Gasteiger partial charge < -0.3 is 5.32 Å². The molecule has 1 aliphatic carbocycles. The number of nitrogens with one attached hydrogen (secondary N) is 1. The van der Waals surface area contributed by atoms with Crippen LogP contribution < -0.4 is 5.32 Å². The lowest BCUT2D eigenvalue weighted by Crippen LogP contribution is -2.15. The molecular weight excluding hydrogens is 208 g/mol. The molecule has 0 atom stereocenters. The molecule has 1 N–H and O–H groups in total. The Hall–Kier alpha value is -0.900. The van der Waals surface area contributed by atoms with Gasteiger partial charge in [0.15, 0.2) is 5.13 Å². The van der Waals surface area contributed by atoms with E-state index in [1.54, 1.807) is 0 Å². The molecule has 0 radical (unpaired) electrons. The van der Waals surface area contributed by atoms with E-state index in [0.29, 0.717) is 0 Å². The van der Waals surface area contributed by atoms with Crippen LogP contribution in [-0.4, -0.2) is 10.9 Å². The fraction of sp³-hybridized carbons (Fsp3) is 0.636. The summed E-state index contributed by atoms with van der Waals surface area (Å²) in [5, 5.41) is 5.61. The van der Waals surface area contributed by atoms with Crippen molar-refractivity contribution in [3.8, 4) is 0 Å². The molecule has 3 nitrogen and oxygen atoms in total. The van der Waals surface area contributed by atoms with E-state index in [4.69, 9.17) is 0 Å². The molecular formula is C11H16N2OS. The van der Waals surface area contributed by atoms with Crippen LogP contribution in [0.25, 0.3) is 0 Å². The van der Waals surface area contributed by atoms with Crippen molar-refractivity contribution in [2.75, 3.05) is 5.32 Å². The van der Waals surface area contributed by atoms with Crippen LogP contribution >= 0.6 is 11.3 Å². The van der Waals surface area contributed by atoms with Gasteiger partial charge in [0.1, 0.15) is 0 Å². The third-order valence-electron chi connectivity index (χ3n) is 2.45. The van der Waals surface area contributed by atoms with E-state index in [2.05, 4.69) is 31.1 Å². The Kier molecular flexibility index (Phi) is 2.54. The zero-order chi connectivity index (χ0) is 11.1. The van der Waals surface area contributed by atoms with E-state index in [-0.39, 0.29) is 17.2 Å². The molecule has 1 aromatic heterocycles. The van der Waals surface area contributed by atoms with E-state index in [9.17, 15) is 4.79 Å². The molecule has 0 aliphatic heterocycles. The minimum absolute atomic E-state index is 0.0546. The van der Waals surface area contributed by atoms with Gasteiger partial charge in [0, 0.05) is 16.7 Å². The highest BCUT2D eigenvalue weighted by molar-refractivity contribution is 7.13. The van der Waals surface area contributed by atoms with Crippen LogP contribution in [0, 0.1) is 5.92 Å². The van der Waals surface area contributed by atoms with Crippen LogP contribution in [0.5, 0.6) is 0 Å². The van der Waals surface area contributed by atoms with Crippen molar-refractivity contribution < 1.29 is 4.79 Å². The molecule has 1 aromatic rings. The maximum absolute atomic E-state index is 11.5. The van der Waals surface area contributed by atoms with Crippen LogP contribution in [0.3, 0.4) is 0 Å². The lowest BCUT2D eigenvalue weighted by Gasteiger charge is -2.14. The van der Waals surface area contributed by atoms with E-state index in [1.807, 2.05) is 5.38 Å². The molecule has 1 saturated carbocycles. The number of hydrogen-bond acceptors (Lipinski definition) is 3. The average Bonchev–Trinajstić information content (AvgIpc) is 2.86. The highest BCUT2D eigenvalue weighted by Gasteiger charge is 2.30. The zero-order valence-electron chi connectivity index (χ0n) is 9.33. The first kappa shape index (κ1) is 10.6. The Morgan fingerprint density at radius 2 is 2.20 bits per heavy atom. The van der Waals surface area contributed by atoms with Gasteiger partial charge in [-0.1, -0.05) is 20.8 Å². The summed E-state index contributed by atoms with van der Waals surface area (Å²) >= 11 is 1.51. The average molecular weight is 224 g/mol. The molecule has 0 bridgehead atoms. The molecule has 4 heteroatoms. The molecule has 15 heavy (non-hydrogen) atoms. The number of nitrogens with zero attached hydrogens (tertiary/aromatic N) is 1. The first-order valence-electron chi connectivity index (χ1n) is 5.24. The van der Waals surface area contributed by atoms with Gasteiger partial charge in [0.25, 0.3) is 0 Å². The van der Waals surface area contributed by atoms with Crippen molar-refractivity contribution in [1.82, 2.24) is 4.98 Å². The molecule has 1 heterocycles. The maximum atomic E-state index is 11.5. The second-order valence-electron chi connectivity index (χ2n) is 5.05. The van der Waals surface area contributed by atoms with Crippen LogP contribution in [-0.2, 0) is 10.2 Å². The van der Waals surface area contributed by atoms with Crippen LogP contribution in [0.4, 0.5) is 5.13 Å². The van der Waals surface area contributed by atoms with Gasteiger partial charge in [-0.3, -0.25) is 4.79 Å². The number of thiazole rings is 1. The topological polar surface area (TPSA) is 42.0 Å². The van der Waals surface area contributed by atoms with Crippen LogP contribution in [0.15, 0.2) is 5.38 Å². The predicted octanol–water partition coefficient (Wildman–Crippen LogP) is 2.79. The van der Waals surface area contributed by atoms with Crippen molar-refractivity contribution in [2.45, 2.75) is 39.0 Å². The molecule has 0 aromatic carbocycles. The standard InChI is InChI=1S/C11H16N2OS/c1-11(2,3)8-6-15-10(12-8)13-9(14)7-4-5-7/h6-7H,4-5H2,1-3H3,(H,12,13,14). The maximum Gasteiger partial charge on any atom is 0.229 e. The smallest absolute Gasteiger partial charge is 0.229 e. The predicted molar refractivity (Wildman–Crippen MR) is 62.2 cm³/mol. The Morgan fingerprint density at radius 1 is 1.53 bits per heavy atom. The van der Waals surface area contributed by atoms with E-state index in [0.717, 1.165) is 23.7 Å². The van der Waals surface area contributed by atoms with Crippen molar-refractivity contribution in [3.63, 3.8) is 0 Å². The fourth-order valence-electron chi connectivity index (χ4n) is 1.23. The van der Waals surface area contributed by atoms with Crippen molar-refractivity contribution in [3.05, 3.63) is 11.1 Å². The first-order chi connectivity index (χ1) is 6.97. The molecule has 2 rings (SSSR count). The van der Waals surface area contributed by atoms with Gasteiger partial charge in [0.05, 0.1) is 5.69 Å². The first-order valence-corrected chi connectivity index (χ1v) is 6.11. The monoisotopic (exact) mass is 224 g/mol. The largest absolute Gasteiger partial charge is 0.302 e. The number of carbonyl (C=O) groups is 1.